The number of hydrogen-bond donors (Lipinski definition) is 1. The zero-order valence-electron chi connectivity index (χ0n) is 8.11. The number of benzene rings is 1. The highest BCUT2D eigenvalue weighted by atomic mass is 19.4. The molecule has 0 fully saturated rings. The summed E-state index contributed by atoms with van der Waals surface area (Å²) in [6.07, 6.45) is -4.51. The van der Waals surface area contributed by atoms with E-state index in [-0.39, 0.29) is 11.1 Å². The van der Waals surface area contributed by atoms with Gasteiger partial charge >= 0.3 is 6.18 Å². The van der Waals surface area contributed by atoms with E-state index in [0.717, 1.165) is 6.07 Å². The Bertz CT molecular complexity index is 346. The van der Waals surface area contributed by atoms with E-state index in [4.69, 9.17) is 5.73 Å². The summed E-state index contributed by atoms with van der Waals surface area (Å²) >= 11 is 0. The predicted octanol–water partition coefficient (Wildman–Crippen LogP) is 2.74. The SMILES string of the molecule is Cc1cccc(C(CN)C(F)(F)F)c1F. The number of hydrogen-bond acceptors (Lipinski definition) is 1. The highest BCUT2D eigenvalue weighted by molar-refractivity contribution is 5.29. The first-order valence-electron chi connectivity index (χ1n) is 4.39. The third kappa shape index (κ3) is 2.47. The fraction of sp³-hybridized carbons (Fsp3) is 0.400. The van der Waals surface area contributed by atoms with Gasteiger partial charge in [0, 0.05) is 12.1 Å². The Morgan fingerprint density at radius 2 is 1.93 bits per heavy atom. The normalized spacial score (nSPS) is 14.0. The molecule has 15 heavy (non-hydrogen) atoms. The van der Waals surface area contributed by atoms with Gasteiger partial charge in [-0.15, -0.1) is 0 Å². The standard InChI is InChI=1S/C10H11F4N/c1-6-3-2-4-7(9(6)11)8(5-15)10(12,13)14/h2-4,8H,5,15H2,1H3. The molecule has 0 aliphatic rings. The van der Waals surface area contributed by atoms with Crippen LogP contribution in [0.25, 0.3) is 0 Å². The van der Waals surface area contributed by atoms with E-state index in [2.05, 4.69) is 0 Å². The van der Waals surface area contributed by atoms with Crippen molar-refractivity contribution >= 4 is 0 Å². The lowest BCUT2D eigenvalue weighted by Gasteiger charge is -2.19. The maximum absolute atomic E-state index is 13.4. The first-order chi connectivity index (χ1) is 6.88. The van der Waals surface area contributed by atoms with Gasteiger partial charge in [-0.3, -0.25) is 0 Å². The molecule has 0 spiro atoms. The van der Waals surface area contributed by atoms with Gasteiger partial charge in [-0.2, -0.15) is 13.2 Å². The van der Waals surface area contributed by atoms with Gasteiger partial charge in [0.25, 0.3) is 0 Å². The highest BCUT2D eigenvalue weighted by Gasteiger charge is 2.41. The summed E-state index contributed by atoms with van der Waals surface area (Å²) in [5, 5.41) is 0. The van der Waals surface area contributed by atoms with Crippen LogP contribution in [0.1, 0.15) is 17.0 Å². The predicted molar refractivity (Wildman–Crippen MR) is 49.0 cm³/mol. The molecule has 1 rings (SSSR count). The van der Waals surface area contributed by atoms with Gasteiger partial charge in [-0.25, -0.2) is 4.39 Å². The van der Waals surface area contributed by atoms with Crippen molar-refractivity contribution in [1.29, 1.82) is 0 Å². The van der Waals surface area contributed by atoms with Crippen molar-refractivity contribution in [1.82, 2.24) is 0 Å². The van der Waals surface area contributed by atoms with Crippen LogP contribution in [0, 0.1) is 12.7 Å². The van der Waals surface area contributed by atoms with Gasteiger partial charge in [0.1, 0.15) is 5.82 Å². The molecular weight excluding hydrogens is 210 g/mol. The Kier molecular flexibility index (Phi) is 3.34. The van der Waals surface area contributed by atoms with Crippen LogP contribution in [0.4, 0.5) is 17.6 Å². The summed E-state index contributed by atoms with van der Waals surface area (Å²) in [5.41, 5.74) is 4.83. The topological polar surface area (TPSA) is 26.0 Å². The second-order valence-corrected chi connectivity index (χ2v) is 3.31. The molecular formula is C10H11F4N. The molecule has 1 aromatic rings. The average Bonchev–Trinajstić information content (AvgIpc) is 2.11. The summed E-state index contributed by atoms with van der Waals surface area (Å²) in [4.78, 5) is 0. The van der Waals surface area contributed by atoms with Crippen LogP contribution in [0.5, 0.6) is 0 Å². The van der Waals surface area contributed by atoms with E-state index < -0.39 is 24.5 Å². The number of alkyl halides is 3. The van der Waals surface area contributed by atoms with E-state index >= 15 is 0 Å². The van der Waals surface area contributed by atoms with Crippen LogP contribution in [-0.2, 0) is 0 Å². The van der Waals surface area contributed by atoms with Crippen molar-refractivity contribution in [3.63, 3.8) is 0 Å². The van der Waals surface area contributed by atoms with Gasteiger partial charge in [0.05, 0.1) is 5.92 Å². The van der Waals surface area contributed by atoms with Crippen molar-refractivity contribution in [2.45, 2.75) is 19.0 Å². The second kappa shape index (κ2) is 4.18. The molecule has 84 valence electrons. The van der Waals surface area contributed by atoms with E-state index in [9.17, 15) is 17.6 Å². The van der Waals surface area contributed by atoms with E-state index in [0.29, 0.717) is 0 Å². The zero-order valence-corrected chi connectivity index (χ0v) is 8.11. The molecule has 5 heteroatoms. The lowest BCUT2D eigenvalue weighted by atomic mass is 9.96. The van der Waals surface area contributed by atoms with Gasteiger partial charge in [0.2, 0.25) is 0 Å². The Morgan fingerprint density at radius 1 is 1.33 bits per heavy atom. The smallest absolute Gasteiger partial charge is 0.330 e. The minimum absolute atomic E-state index is 0.190. The van der Waals surface area contributed by atoms with Crippen LogP contribution < -0.4 is 5.73 Å². The molecule has 1 unspecified atom stereocenters. The van der Waals surface area contributed by atoms with Crippen LogP contribution in [0.15, 0.2) is 18.2 Å². The second-order valence-electron chi connectivity index (χ2n) is 3.31. The molecule has 2 N–H and O–H groups in total. The summed E-state index contributed by atoms with van der Waals surface area (Å²) in [6, 6.07) is 3.93. The van der Waals surface area contributed by atoms with Crippen LogP contribution in [0.3, 0.4) is 0 Å². The number of rotatable bonds is 2. The van der Waals surface area contributed by atoms with Crippen LogP contribution in [-0.4, -0.2) is 12.7 Å². The molecule has 0 aromatic heterocycles. The lowest BCUT2D eigenvalue weighted by molar-refractivity contribution is -0.148. The molecule has 0 saturated carbocycles. The van der Waals surface area contributed by atoms with Crippen LogP contribution in [0.2, 0.25) is 0 Å². The molecule has 0 amide bonds. The average molecular weight is 221 g/mol. The van der Waals surface area contributed by atoms with E-state index in [1.54, 1.807) is 0 Å². The van der Waals surface area contributed by atoms with Gasteiger partial charge in [-0.1, -0.05) is 18.2 Å². The van der Waals surface area contributed by atoms with Crippen molar-refractivity contribution in [2.75, 3.05) is 6.54 Å². The van der Waals surface area contributed by atoms with Gasteiger partial charge in [0.15, 0.2) is 0 Å². The third-order valence-corrected chi connectivity index (χ3v) is 2.23. The summed E-state index contributed by atoms with van der Waals surface area (Å²) < 4.78 is 50.8. The molecule has 0 heterocycles. The first-order valence-corrected chi connectivity index (χ1v) is 4.39. The molecule has 0 aliphatic carbocycles. The number of aryl methyl sites for hydroxylation is 1. The van der Waals surface area contributed by atoms with Crippen molar-refractivity contribution in [3.8, 4) is 0 Å². The highest BCUT2D eigenvalue weighted by Crippen LogP contribution is 2.35. The summed E-state index contributed by atoms with van der Waals surface area (Å²) in [5.74, 6) is -2.76. The molecule has 1 aromatic carbocycles. The van der Waals surface area contributed by atoms with E-state index in [1.807, 2.05) is 0 Å². The monoisotopic (exact) mass is 221 g/mol. The van der Waals surface area contributed by atoms with E-state index in [1.165, 1.54) is 19.1 Å². The minimum atomic E-state index is -4.51. The zero-order chi connectivity index (χ0) is 11.6. The Balaban J connectivity index is 3.19. The van der Waals surface area contributed by atoms with Crippen molar-refractivity contribution < 1.29 is 17.6 Å². The lowest BCUT2D eigenvalue weighted by Crippen LogP contribution is -2.29. The first kappa shape index (κ1) is 12.0. The Labute approximate surface area is 84.9 Å². The van der Waals surface area contributed by atoms with Gasteiger partial charge < -0.3 is 5.73 Å². The summed E-state index contributed by atoms with van der Waals surface area (Å²) in [7, 11) is 0. The number of halogens is 4. The minimum Gasteiger partial charge on any atom is -0.330 e. The molecule has 1 nitrogen and oxygen atoms in total. The van der Waals surface area contributed by atoms with Crippen molar-refractivity contribution in [2.24, 2.45) is 5.73 Å². The van der Waals surface area contributed by atoms with Crippen molar-refractivity contribution in [3.05, 3.63) is 35.1 Å². The molecule has 0 radical (unpaired) electrons. The summed E-state index contributed by atoms with van der Waals surface area (Å²) in [6.45, 7) is 0.770. The van der Waals surface area contributed by atoms with Crippen LogP contribution >= 0.6 is 0 Å². The maximum atomic E-state index is 13.4. The fourth-order valence-electron chi connectivity index (χ4n) is 1.38. The largest absolute Gasteiger partial charge is 0.397 e. The number of nitrogens with two attached hydrogens (primary N) is 1. The third-order valence-electron chi connectivity index (χ3n) is 2.23. The quantitative estimate of drug-likeness (QED) is 0.763. The molecule has 1 atom stereocenters. The molecule has 0 aliphatic heterocycles. The Hall–Kier alpha value is -1.10. The molecule has 0 saturated heterocycles. The van der Waals surface area contributed by atoms with Gasteiger partial charge in [-0.05, 0) is 12.5 Å². The maximum Gasteiger partial charge on any atom is 0.397 e. The fourth-order valence-corrected chi connectivity index (χ4v) is 1.38. The molecule has 0 bridgehead atoms. The Morgan fingerprint density at radius 3 is 2.40 bits per heavy atom.